The van der Waals surface area contributed by atoms with Gasteiger partial charge in [0, 0.05) is 30.4 Å². The molecule has 0 aliphatic rings. The van der Waals surface area contributed by atoms with Crippen molar-refractivity contribution in [1.82, 2.24) is 0 Å². The second-order valence-corrected chi connectivity index (χ2v) is 11.7. The fourth-order valence-electron chi connectivity index (χ4n) is 4.33. The zero-order chi connectivity index (χ0) is 28.4. The maximum absolute atomic E-state index is 12.2. The van der Waals surface area contributed by atoms with Gasteiger partial charge in [0.2, 0.25) is 0 Å². The molecule has 0 aromatic heterocycles. The van der Waals surface area contributed by atoms with Crippen LogP contribution in [0.25, 0.3) is 12.2 Å². The average Bonchev–Trinajstić information content (AvgIpc) is 2.89. The Morgan fingerprint density at radius 3 is 2.08 bits per heavy atom. The zero-order valence-corrected chi connectivity index (χ0v) is 22.7. The Hall–Kier alpha value is -3.96. The Morgan fingerprint density at radius 2 is 1.49 bits per heavy atom. The van der Waals surface area contributed by atoms with E-state index in [1.165, 1.54) is 24.3 Å². The number of hydrogen-bond acceptors (Lipinski definition) is 6. The van der Waals surface area contributed by atoms with Crippen molar-refractivity contribution in [2.75, 3.05) is 11.4 Å². The van der Waals surface area contributed by atoms with Crippen molar-refractivity contribution < 1.29 is 31.0 Å². The summed E-state index contributed by atoms with van der Waals surface area (Å²) in [4.78, 5) is 1.41. The SMILES string of the molecule is C=c1ccc(=C(c2ccc(N(CC)Cc3cccc(S(=O)(=O)O)c3)cc2)c2ccc(O)cc2S(=O)(=O)O)cc1. The molecule has 0 atom stereocenters. The minimum Gasteiger partial charge on any atom is -0.508 e. The molecule has 8 nitrogen and oxygen atoms in total. The summed E-state index contributed by atoms with van der Waals surface area (Å²) in [6.07, 6.45) is 0. The molecule has 0 heterocycles. The van der Waals surface area contributed by atoms with Gasteiger partial charge in [-0.2, -0.15) is 16.8 Å². The summed E-state index contributed by atoms with van der Waals surface area (Å²) in [6, 6.07) is 24.4. The predicted octanol–water partition coefficient (Wildman–Crippen LogP) is 3.57. The van der Waals surface area contributed by atoms with E-state index in [4.69, 9.17) is 0 Å². The number of phenolic OH excluding ortho intramolecular Hbond substituents is 1. The number of nitrogens with zero attached hydrogens (tertiary/aromatic N) is 1. The highest BCUT2D eigenvalue weighted by atomic mass is 32.2. The first-order valence-corrected chi connectivity index (χ1v) is 14.8. The molecule has 0 spiro atoms. The fourth-order valence-corrected chi connectivity index (χ4v) is 5.60. The van der Waals surface area contributed by atoms with Crippen LogP contribution >= 0.6 is 0 Å². The van der Waals surface area contributed by atoms with Gasteiger partial charge in [0.1, 0.15) is 10.6 Å². The second-order valence-electron chi connectivity index (χ2n) is 8.91. The monoisotopic (exact) mass is 565 g/mol. The van der Waals surface area contributed by atoms with E-state index in [9.17, 15) is 31.0 Å². The van der Waals surface area contributed by atoms with Crippen LogP contribution in [0.4, 0.5) is 5.69 Å². The maximum atomic E-state index is 12.2. The second kappa shape index (κ2) is 11.0. The third-order valence-corrected chi connectivity index (χ3v) is 7.97. The van der Waals surface area contributed by atoms with Crippen molar-refractivity contribution >= 4 is 38.1 Å². The van der Waals surface area contributed by atoms with E-state index in [1.807, 2.05) is 36.1 Å². The summed E-state index contributed by atoms with van der Waals surface area (Å²) in [6.45, 7) is 6.83. The fraction of sp³-hybridized carbons (Fsp3) is 0.103. The van der Waals surface area contributed by atoms with Crippen molar-refractivity contribution in [2.45, 2.75) is 23.3 Å². The van der Waals surface area contributed by atoms with Gasteiger partial charge in [0.15, 0.2) is 0 Å². The first kappa shape index (κ1) is 28.1. The Labute approximate surface area is 227 Å². The quantitative estimate of drug-likeness (QED) is 0.276. The standard InChI is InChI=1S/C29H27NO7S2/c1-3-30(19-21-5-4-6-26(17-21)38(32,33)34)24-13-11-23(12-14-24)29(22-9-7-20(2)8-10-22)27-16-15-25(31)18-28(27)39(35,36)37/h4-18,31H,2-3,19H2,1H3,(H,32,33,34)(H,35,36,37). The van der Waals surface area contributed by atoms with Crippen molar-refractivity contribution in [2.24, 2.45) is 0 Å². The smallest absolute Gasteiger partial charge is 0.295 e. The Balaban J connectivity index is 1.80. The number of aromatic hydroxyl groups is 1. The summed E-state index contributed by atoms with van der Waals surface area (Å²) >= 11 is 0. The van der Waals surface area contributed by atoms with Crippen LogP contribution in [0.3, 0.4) is 0 Å². The van der Waals surface area contributed by atoms with Gasteiger partial charge in [-0.05, 0) is 70.5 Å². The summed E-state index contributed by atoms with van der Waals surface area (Å²) < 4.78 is 66.8. The minimum atomic E-state index is -4.66. The number of benzene rings is 4. The van der Waals surface area contributed by atoms with Crippen LogP contribution in [-0.2, 0) is 26.8 Å². The van der Waals surface area contributed by atoms with Gasteiger partial charge < -0.3 is 10.0 Å². The van der Waals surface area contributed by atoms with Crippen molar-refractivity contribution in [1.29, 1.82) is 0 Å². The van der Waals surface area contributed by atoms with E-state index in [0.29, 0.717) is 35.0 Å². The number of hydrogen-bond donors (Lipinski definition) is 3. The molecule has 4 rings (SSSR count). The lowest BCUT2D eigenvalue weighted by atomic mass is 9.95. The lowest BCUT2D eigenvalue weighted by Gasteiger charge is -2.24. The Bertz CT molecular complexity index is 1830. The Kier molecular flexibility index (Phi) is 7.94. The molecular formula is C29H27NO7S2. The van der Waals surface area contributed by atoms with Crippen molar-refractivity contribution in [3.05, 3.63) is 118 Å². The molecule has 0 unspecified atom stereocenters. The van der Waals surface area contributed by atoms with Crippen LogP contribution < -0.4 is 15.3 Å². The maximum Gasteiger partial charge on any atom is 0.295 e. The van der Waals surface area contributed by atoms with E-state index in [2.05, 4.69) is 6.58 Å². The summed E-state index contributed by atoms with van der Waals surface area (Å²) in [5, 5.41) is 11.4. The molecular weight excluding hydrogens is 538 g/mol. The molecule has 10 heteroatoms. The predicted molar refractivity (Wildman–Crippen MR) is 150 cm³/mol. The number of anilines is 1. The minimum absolute atomic E-state index is 0.178. The van der Waals surface area contributed by atoms with Crippen molar-refractivity contribution in [3.63, 3.8) is 0 Å². The molecule has 0 saturated heterocycles. The van der Waals surface area contributed by atoms with E-state index >= 15 is 0 Å². The highest BCUT2D eigenvalue weighted by molar-refractivity contribution is 7.86. The molecule has 0 bridgehead atoms. The van der Waals surface area contributed by atoms with Crippen LogP contribution in [-0.4, -0.2) is 37.6 Å². The van der Waals surface area contributed by atoms with Gasteiger partial charge in [0.05, 0.1) is 4.90 Å². The van der Waals surface area contributed by atoms with Gasteiger partial charge in [-0.25, -0.2) is 0 Å². The van der Waals surface area contributed by atoms with Crippen LogP contribution in [0.5, 0.6) is 5.75 Å². The third-order valence-electron chi connectivity index (χ3n) is 6.23. The molecule has 4 aromatic rings. The van der Waals surface area contributed by atoms with Gasteiger partial charge in [0.25, 0.3) is 20.2 Å². The van der Waals surface area contributed by atoms with Crippen LogP contribution in [0.15, 0.2) is 101 Å². The first-order chi connectivity index (χ1) is 18.4. The molecule has 0 aliphatic heterocycles. The number of rotatable bonds is 8. The van der Waals surface area contributed by atoms with Gasteiger partial charge >= 0.3 is 0 Å². The first-order valence-electron chi connectivity index (χ1n) is 11.9. The van der Waals surface area contributed by atoms with Gasteiger partial charge in [-0.3, -0.25) is 9.11 Å². The molecule has 0 radical (unpaired) electrons. The summed E-state index contributed by atoms with van der Waals surface area (Å²) in [5.74, 6) is -0.300. The molecule has 39 heavy (non-hydrogen) atoms. The molecule has 0 amide bonds. The summed E-state index contributed by atoms with van der Waals surface area (Å²) in [7, 11) is -8.98. The van der Waals surface area contributed by atoms with Crippen molar-refractivity contribution in [3.8, 4) is 5.75 Å². The normalized spacial score (nSPS) is 11.8. The average molecular weight is 566 g/mol. The van der Waals surface area contributed by atoms with Crippen LogP contribution in [0.2, 0.25) is 0 Å². The lowest BCUT2D eigenvalue weighted by molar-refractivity contribution is 0.466. The zero-order valence-electron chi connectivity index (χ0n) is 21.0. The largest absolute Gasteiger partial charge is 0.508 e. The summed E-state index contributed by atoms with van der Waals surface area (Å²) in [5.41, 5.74) is 2.92. The molecule has 0 fully saturated rings. The van der Waals surface area contributed by atoms with E-state index < -0.39 is 25.1 Å². The van der Waals surface area contributed by atoms with E-state index in [0.717, 1.165) is 17.0 Å². The highest BCUT2D eigenvalue weighted by Gasteiger charge is 2.21. The lowest BCUT2D eigenvalue weighted by Crippen LogP contribution is -2.22. The van der Waals surface area contributed by atoms with E-state index in [1.54, 1.807) is 36.4 Å². The van der Waals surface area contributed by atoms with Gasteiger partial charge in [-0.1, -0.05) is 55.1 Å². The number of phenols is 1. The molecule has 0 aliphatic carbocycles. The van der Waals surface area contributed by atoms with E-state index in [-0.39, 0.29) is 16.2 Å². The molecule has 4 aromatic carbocycles. The molecule has 202 valence electrons. The Morgan fingerprint density at radius 1 is 0.821 bits per heavy atom. The molecule has 0 saturated carbocycles. The van der Waals surface area contributed by atoms with Crippen LogP contribution in [0, 0.1) is 0 Å². The molecule has 3 N–H and O–H groups in total. The van der Waals surface area contributed by atoms with Crippen LogP contribution in [0.1, 0.15) is 23.6 Å². The topological polar surface area (TPSA) is 132 Å². The van der Waals surface area contributed by atoms with Gasteiger partial charge in [-0.15, -0.1) is 0 Å². The highest BCUT2D eigenvalue weighted by Crippen LogP contribution is 2.31. The third kappa shape index (κ3) is 6.55.